The summed E-state index contributed by atoms with van der Waals surface area (Å²) >= 11 is 0. The second-order valence-corrected chi connectivity index (χ2v) is 4.12. The number of carbonyl (C=O) groups excluding carboxylic acids is 1. The fourth-order valence-corrected chi connectivity index (χ4v) is 1.76. The lowest BCUT2D eigenvalue weighted by Gasteiger charge is -2.26. The summed E-state index contributed by atoms with van der Waals surface area (Å²) in [7, 11) is 1.72. The Labute approximate surface area is 105 Å². The van der Waals surface area contributed by atoms with Crippen molar-refractivity contribution in [3.63, 3.8) is 0 Å². The third-order valence-corrected chi connectivity index (χ3v) is 2.71. The lowest BCUT2D eigenvalue weighted by Crippen LogP contribution is -2.41. The number of hydrogen-bond acceptors (Lipinski definition) is 6. The number of rotatable bonds is 5. The highest BCUT2D eigenvalue weighted by Gasteiger charge is 2.15. The zero-order valence-corrected chi connectivity index (χ0v) is 10.5. The second kappa shape index (κ2) is 6.41. The van der Waals surface area contributed by atoms with Crippen LogP contribution in [0.4, 0.5) is 0 Å². The monoisotopic (exact) mass is 254 g/mol. The van der Waals surface area contributed by atoms with Crippen molar-refractivity contribution < 1.29 is 9.53 Å². The first-order valence-corrected chi connectivity index (χ1v) is 6.05. The van der Waals surface area contributed by atoms with Crippen LogP contribution in [-0.2, 0) is 23.1 Å². The normalized spacial score (nSPS) is 15.9. The Morgan fingerprint density at radius 3 is 2.89 bits per heavy atom. The molecule has 2 heterocycles. The summed E-state index contributed by atoms with van der Waals surface area (Å²) in [4.78, 5) is 15.0. The Kier molecular flexibility index (Phi) is 4.59. The van der Waals surface area contributed by atoms with Crippen molar-refractivity contribution in [2.45, 2.75) is 13.0 Å². The van der Waals surface area contributed by atoms with Crippen molar-refractivity contribution in [3.05, 3.63) is 5.82 Å². The molecule has 0 spiro atoms. The van der Waals surface area contributed by atoms with Crippen LogP contribution in [0.2, 0.25) is 0 Å². The van der Waals surface area contributed by atoms with E-state index in [1.165, 1.54) is 4.80 Å². The van der Waals surface area contributed by atoms with Gasteiger partial charge in [-0.2, -0.15) is 4.80 Å². The highest BCUT2D eigenvalue weighted by molar-refractivity contribution is 5.76. The maximum Gasteiger partial charge on any atom is 0.224 e. The van der Waals surface area contributed by atoms with Gasteiger partial charge in [-0.05, 0) is 5.21 Å². The van der Waals surface area contributed by atoms with Crippen molar-refractivity contribution >= 4 is 5.91 Å². The van der Waals surface area contributed by atoms with Crippen LogP contribution in [-0.4, -0.2) is 63.9 Å². The Bertz CT molecular complexity index is 387. The first kappa shape index (κ1) is 12.9. The molecule has 1 aromatic heterocycles. The lowest BCUT2D eigenvalue weighted by atomic mass is 10.3. The standard InChI is InChI=1S/C10H18N6O2/c1-15-13-9(12-14-15)8-11-3-2-10(17)16-4-6-18-7-5-16/h11H,2-8H2,1H3. The van der Waals surface area contributed by atoms with Crippen molar-refractivity contribution in [1.82, 2.24) is 30.4 Å². The number of morpholine rings is 1. The Hall–Kier alpha value is -1.54. The largest absolute Gasteiger partial charge is 0.378 e. The molecule has 0 unspecified atom stereocenters. The fourth-order valence-electron chi connectivity index (χ4n) is 1.76. The van der Waals surface area contributed by atoms with Gasteiger partial charge in [0, 0.05) is 26.1 Å². The SMILES string of the molecule is Cn1nnc(CNCCC(=O)N2CCOCC2)n1. The smallest absolute Gasteiger partial charge is 0.224 e. The number of carbonyl (C=O) groups is 1. The minimum atomic E-state index is 0.165. The molecule has 0 aliphatic carbocycles. The molecule has 1 N–H and O–H groups in total. The fraction of sp³-hybridized carbons (Fsp3) is 0.800. The number of amides is 1. The van der Waals surface area contributed by atoms with Gasteiger partial charge < -0.3 is 15.0 Å². The van der Waals surface area contributed by atoms with Crippen molar-refractivity contribution in [3.8, 4) is 0 Å². The van der Waals surface area contributed by atoms with Crippen molar-refractivity contribution in [2.24, 2.45) is 7.05 Å². The predicted molar refractivity (Wildman–Crippen MR) is 62.5 cm³/mol. The molecule has 0 atom stereocenters. The van der Waals surface area contributed by atoms with E-state index in [1.807, 2.05) is 4.90 Å². The Balaban J connectivity index is 1.61. The molecule has 8 nitrogen and oxygen atoms in total. The van der Waals surface area contributed by atoms with Crippen LogP contribution in [0.15, 0.2) is 0 Å². The molecule has 1 aromatic rings. The van der Waals surface area contributed by atoms with E-state index in [9.17, 15) is 4.79 Å². The van der Waals surface area contributed by atoms with Crippen LogP contribution in [0.1, 0.15) is 12.2 Å². The first-order chi connectivity index (χ1) is 8.75. The minimum Gasteiger partial charge on any atom is -0.378 e. The van der Waals surface area contributed by atoms with E-state index in [-0.39, 0.29) is 5.91 Å². The predicted octanol–water partition coefficient (Wildman–Crippen LogP) is -1.45. The summed E-state index contributed by atoms with van der Waals surface area (Å²) < 4.78 is 5.20. The van der Waals surface area contributed by atoms with E-state index >= 15 is 0 Å². The Morgan fingerprint density at radius 2 is 2.22 bits per heavy atom. The average molecular weight is 254 g/mol. The molecule has 0 radical (unpaired) electrons. The number of aromatic nitrogens is 4. The summed E-state index contributed by atoms with van der Waals surface area (Å²) in [5.74, 6) is 0.800. The molecule has 0 saturated carbocycles. The summed E-state index contributed by atoms with van der Waals surface area (Å²) in [5, 5.41) is 14.7. The molecule has 1 saturated heterocycles. The van der Waals surface area contributed by atoms with Crippen LogP contribution in [0.25, 0.3) is 0 Å². The molecule has 0 aromatic carbocycles. The van der Waals surface area contributed by atoms with E-state index in [4.69, 9.17) is 4.74 Å². The maximum absolute atomic E-state index is 11.8. The van der Waals surface area contributed by atoms with Gasteiger partial charge in [0.05, 0.1) is 26.8 Å². The number of ether oxygens (including phenoxy) is 1. The summed E-state index contributed by atoms with van der Waals surface area (Å²) in [6, 6.07) is 0. The third-order valence-electron chi connectivity index (χ3n) is 2.71. The zero-order chi connectivity index (χ0) is 12.8. The molecular weight excluding hydrogens is 236 g/mol. The summed E-state index contributed by atoms with van der Waals surface area (Å²) in [5.41, 5.74) is 0. The van der Waals surface area contributed by atoms with Crippen molar-refractivity contribution in [2.75, 3.05) is 32.8 Å². The zero-order valence-electron chi connectivity index (χ0n) is 10.5. The molecule has 8 heteroatoms. The number of nitrogens with one attached hydrogen (secondary N) is 1. The first-order valence-electron chi connectivity index (χ1n) is 6.05. The van der Waals surface area contributed by atoms with Crippen LogP contribution in [0.5, 0.6) is 0 Å². The van der Waals surface area contributed by atoms with E-state index in [0.717, 1.165) is 0 Å². The Morgan fingerprint density at radius 1 is 1.44 bits per heavy atom. The molecule has 1 aliphatic rings. The lowest BCUT2D eigenvalue weighted by molar-refractivity contribution is -0.135. The third kappa shape index (κ3) is 3.74. The highest BCUT2D eigenvalue weighted by atomic mass is 16.5. The van der Waals surface area contributed by atoms with Crippen molar-refractivity contribution in [1.29, 1.82) is 0 Å². The number of nitrogens with zero attached hydrogens (tertiary/aromatic N) is 5. The van der Waals surface area contributed by atoms with Gasteiger partial charge in [-0.1, -0.05) is 0 Å². The van der Waals surface area contributed by atoms with Gasteiger partial charge in [-0.25, -0.2) is 0 Å². The van der Waals surface area contributed by atoms with Gasteiger partial charge in [0.15, 0.2) is 5.82 Å². The van der Waals surface area contributed by atoms with Crippen LogP contribution in [0.3, 0.4) is 0 Å². The average Bonchev–Trinajstić information content (AvgIpc) is 2.81. The number of tetrazole rings is 1. The maximum atomic E-state index is 11.8. The van der Waals surface area contributed by atoms with Gasteiger partial charge in [0.25, 0.3) is 0 Å². The molecular formula is C10H18N6O2. The molecule has 18 heavy (non-hydrogen) atoms. The summed E-state index contributed by atoms with van der Waals surface area (Å²) in [6.45, 7) is 3.83. The quantitative estimate of drug-likeness (QED) is 0.647. The highest BCUT2D eigenvalue weighted by Crippen LogP contribution is 1.99. The number of aryl methyl sites for hydroxylation is 1. The molecule has 2 rings (SSSR count). The van der Waals surface area contributed by atoms with Crippen LogP contribution < -0.4 is 5.32 Å². The second-order valence-electron chi connectivity index (χ2n) is 4.12. The van der Waals surface area contributed by atoms with Gasteiger partial charge in [0.2, 0.25) is 5.91 Å². The van der Waals surface area contributed by atoms with E-state index in [0.29, 0.717) is 51.6 Å². The molecule has 100 valence electrons. The van der Waals surface area contributed by atoms with E-state index in [2.05, 4.69) is 20.7 Å². The van der Waals surface area contributed by atoms with Gasteiger partial charge in [-0.3, -0.25) is 4.79 Å². The topological polar surface area (TPSA) is 85.2 Å². The summed E-state index contributed by atoms with van der Waals surface area (Å²) in [6.07, 6.45) is 0.486. The van der Waals surface area contributed by atoms with Gasteiger partial charge in [0.1, 0.15) is 0 Å². The molecule has 1 fully saturated rings. The number of hydrogen-bond donors (Lipinski definition) is 1. The molecule has 1 amide bonds. The van der Waals surface area contributed by atoms with Gasteiger partial charge in [-0.15, -0.1) is 10.2 Å². The van der Waals surface area contributed by atoms with Crippen LogP contribution >= 0.6 is 0 Å². The molecule has 0 bridgehead atoms. The van der Waals surface area contributed by atoms with Crippen LogP contribution in [0, 0.1) is 0 Å². The van der Waals surface area contributed by atoms with E-state index < -0.39 is 0 Å². The minimum absolute atomic E-state index is 0.165. The van der Waals surface area contributed by atoms with Gasteiger partial charge >= 0.3 is 0 Å². The molecule has 1 aliphatic heterocycles. The van der Waals surface area contributed by atoms with E-state index in [1.54, 1.807) is 7.05 Å².